The maximum atomic E-state index is 4.26. The molecule has 1 saturated heterocycles. The number of nitrogens with zero attached hydrogens (tertiary/aromatic N) is 4. The largest absolute Gasteiger partial charge is 0.374 e. The lowest BCUT2D eigenvalue weighted by Gasteiger charge is -2.37. The molecule has 102 valence electrons. The van der Waals surface area contributed by atoms with Gasteiger partial charge in [0.15, 0.2) is 0 Å². The summed E-state index contributed by atoms with van der Waals surface area (Å²) in [5.74, 6) is 0. The Morgan fingerprint density at radius 3 is 3.00 bits per heavy atom. The number of hydrogen-bond donors (Lipinski definition) is 1. The van der Waals surface area contributed by atoms with Gasteiger partial charge in [0.2, 0.25) is 0 Å². The van der Waals surface area contributed by atoms with E-state index >= 15 is 0 Å². The Morgan fingerprint density at radius 2 is 2.28 bits per heavy atom. The van der Waals surface area contributed by atoms with Crippen molar-refractivity contribution in [1.29, 1.82) is 0 Å². The summed E-state index contributed by atoms with van der Waals surface area (Å²) < 4.78 is 4.07. The monoisotopic (exact) mass is 269 g/mol. The van der Waals surface area contributed by atoms with E-state index in [4.69, 9.17) is 0 Å². The van der Waals surface area contributed by atoms with E-state index in [1.54, 1.807) is 0 Å². The second-order valence-corrected chi connectivity index (χ2v) is 5.79. The van der Waals surface area contributed by atoms with E-state index in [1.807, 2.05) is 0 Å². The van der Waals surface area contributed by atoms with Gasteiger partial charge in [-0.3, -0.25) is 4.90 Å². The molecule has 1 aromatic heterocycles. The van der Waals surface area contributed by atoms with Crippen molar-refractivity contribution < 1.29 is 0 Å². The summed E-state index contributed by atoms with van der Waals surface area (Å²) in [7, 11) is 2.20. The summed E-state index contributed by atoms with van der Waals surface area (Å²) in [5.41, 5.74) is 1.10. The average molecular weight is 269 g/mol. The van der Waals surface area contributed by atoms with Crippen molar-refractivity contribution in [2.45, 2.75) is 32.9 Å². The van der Waals surface area contributed by atoms with Gasteiger partial charge in [-0.2, -0.15) is 0 Å². The molecule has 1 unspecified atom stereocenters. The summed E-state index contributed by atoms with van der Waals surface area (Å²) in [6.45, 7) is 9.73. The fourth-order valence-electron chi connectivity index (χ4n) is 2.16. The zero-order chi connectivity index (χ0) is 13.0. The smallest absolute Gasteiger partial charge is 0.134 e. The third-order valence-corrected chi connectivity index (χ3v) is 4.23. The molecule has 0 spiro atoms. The SMILES string of the molecule is CCCNc1snnc1CN1CCN(C)C(C)C1. The van der Waals surface area contributed by atoms with E-state index in [-0.39, 0.29) is 0 Å². The van der Waals surface area contributed by atoms with Crippen LogP contribution in [-0.4, -0.2) is 58.7 Å². The maximum absolute atomic E-state index is 4.26. The van der Waals surface area contributed by atoms with E-state index in [2.05, 4.69) is 45.6 Å². The van der Waals surface area contributed by atoms with Gasteiger partial charge in [0.1, 0.15) is 10.7 Å². The zero-order valence-corrected chi connectivity index (χ0v) is 12.3. The van der Waals surface area contributed by atoms with Crippen LogP contribution in [0.25, 0.3) is 0 Å². The second-order valence-electron chi connectivity index (χ2n) is 5.04. The number of piperazine rings is 1. The van der Waals surface area contributed by atoms with Crippen LogP contribution in [0.15, 0.2) is 0 Å². The molecule has 0 amide bonds. The predicted molar refractivity (Wildman–Crippen MR) is 76.1 cm³/mol. The standard InChI is InChI=1S/C12H23N5S/c1-4-5-13-12-11(14-15-18-12)9-17-7-6-16(3)10(2)8-17/h10,13H,4-9H2,1-3H3. The summed E-state index contributed by atoms with van der Waals surface area (Å²) >= 11 is 1.47. The predicted octanol–water partition coefficient (Wildman–Crippen LogP) is 1.50. The van der Waals surface area contributed by atoms with Crippen LogP contribution in [0.4, 0.5) is 5.00 Å². The lowest BCUT2D eigenvalue weighted by molar-refractivity contribution is 0.0992. The van der Waals surface area contributed by atoms with Gasteiger partial charge < -0.3 is 10.2 Å². The van der Waals surface area contributed by atoms with Gasteiger partial charge in [0.05, 0.1) is 0 Å². The Labute approximate surface area is 113 Å². The van der Waals surface area contributed by atoms with Crippen LogP contribution in [0.3, 0.4) is 0 Å². The van der Waals surface area contributed by atoms with Crippen LogP contribution in [0.5, 0.6) is 0 Å². The second kappa shape index (κ2) is 6.45. The highest BCUT2D eigenvalue weighted by molar-refractivity contribution is 7.10. The van der Waals surface area contributed by atoms with E-state index in [0.29, 0.717) is 6.04 Å². The highest BCUT2D eigenvalue weighted by Crippen LogP contribution is 2.20. The molecule has 2 heterocycles. The molecule has 1 N–H and O–H groups in total. The summed E-state index contributed by atoms with van der Waals surface area (Å²) in [5, 5.41) is 8.81. The van der Waals surface area contributed by atoms with Crippen molar-refractivity contribution in [1.82, 2.24) is 19.4 Å². The molecule has 1 aliphatic heterocycles. The molecule has 0 bridgehead atoms. The minimum absolute atomic E-state index is 0.623. The quantitative estimate of drug-likeness (QED) is 0.877. The Balaban J connectivity index is 1.91. The van der Waals surface area contributed by atoms with Crippen molar-refractivity contribution in [2.24, 2.45) is 0 Å². The third-order valence-electron chi connectivity index (χ3n) is 3.51. The summed E-state index contributed by atoms with van der Waals surface area (Å²) in [6.07, 6.45) is 1.13. The van der Waals surface area contributed by atoms with Gasteiger partial charge in [0.25, 0.3) is 0 Å². The van der Waals surface area contributed by atoms with Crippen molar-refractivity contribution in [2.75, 3.05) is 38.5 Å². The Kier molecular flexibility index (Phi) is 4.91. The number of likely N-dealkylation sites (N-methyl/N-ethyl adjacent to an activating group) is 1. The van der Waals surface area contributed by atoms with Crippen LogP contribution in [-0.2, 0) is 6.54 Å². The molecule has 0 aliphatic carbocycles. The van der Waals surface area contributed by atoms with Crippen molar-refractivity contribution >= 4 is 16.5 Å². The van der Waals surface area contributed by atoms with Crippen molar-refractivity contribution in [3.05, 3.63) is 5.69 Å². The highest BCUT2D eigenvalue weighted by atomic mass is 32.1. The van der Waals surface area contributed by atoms with E-state index in [0.717, 1.165) is 49.8 Å². The first kappa shape index (κ1) is 13.7. The minimum Gasteiger partial charge on any atom is -0.374 e. The molecule has 1 aliphatic rings. The van der Waals surface area contributed by atoms with Crippen LogP contribution in [0, 0.1) is 0 Å². The first-order valence-corrected chi connectivity index (χ1v) is 7.45. The van der Waals surface area contributed by atoms with Gasteiger partial charge in [-0.1, -0.05) is 11.4 Å². The molecule has 1 atom stereocenters. The molecule has 0 aromatic carbocycles. The van der Waals surface area contributed by atoms with Gasteiger partial charge in [-0.25, -0.2) is 0 Å². The van der Waals surface area contributed by atoms with Gasteiger partial charge >= 0.3 is 0 Å². The number of rotatable bonds is 5. The fourth-order valence-corrected chi connectivity index (χ4v) is 2.76. The molecule has 0 radical (unpaired) electrons. The van der Waals surface area contributed by atoms with Crippen molar-refractivity contribution in [3.63, 3.8) is 0 Å². The molecule has 6 heteroatoms. The zero-order valence-electron chi connectivity index (χ0n) is 11.5. The number of hydrogen-bond acceptors (Lipinski definition) is 6. The Hall–Kier alpha value is -0.720. The van der Waals surface area contributed by atoms with E-state index in [1.165, 1.54) is 11.5 Å². The molecule has 1 aromatic rings. The van der Waals surface area contributed by atoms with Gasteiger partial charge in [-0.05, 0) is 20.4 Å². The van der Waals surface area contributed by atoms with Gasteiger partial charge in [-0.15, -0.1) is 5.10 Å². The summed E-state index contributed by atoms with van der Waals surface area (Å²) in [4.78, 5) is 4.88. The summed E-state index contributed by atoms with van der Waals surface area (Å²) in [6, 6.07) is 0.623. The van der Waals surface area contributed by atoms with Gasteiger partial charge in [0, 0.05) is 50.3 Å². The molecule has 5 nitrogen and oxygen atoms in total. The molecule has 0 saturated carbocycles. The van der Waals surface area contributed by atoms with Crippen LogP contribution in [0.2, 0.25) is 0 Å². The molecule has 18 heavy (non-hydrogen) atoms. The first-order chi connectivity index (χ1) is 8.70. The third kappa shape index (κ3) is 3.40. The molecular formula is C12H23N5S. The Morgan fingerprint density at radius 1 is 1.44 bits per heavy atom. The number of anilines is 1. The van der Waals surface area contributed by atoms with Crippen molar-refractivity contribution in [3.8, 4) is 0 Å². The Bertz CT molecular complexity index is 367. The lowest BCUT2D eigenvalue weighted by Crippen LogP contribution is -2.49. The molecule has 1 fully saturated rings. The van der Waals surface area contributed by atoms with Crippen LogP contribution >= 0.6 is 11.5 Å². The topological polar surface area (TPSA) is 44.3 Å². The number of aromatic nitrogens is 2. The minimum atomic E-state index is 0.623. The average Bonchev–Trinajstić information content (AvgIpc) is 2.79. The lowest BCUT2D eigenvalue weighted by atomic mass is 10.2. The van der Waals surface area contributed by atoms with Crippen LogP contribution < -0.4 is 5.32 Å². The normalized spacial score (nSPS) is 22.3. The maximum Gasteiger partial charge on any atom is 0.134 e. The van der Waals surface area contributed by atoms with Crippen LogP contribution in [0.1, 0.15) is 26.0 Å². The van der Waals surface area contributed by atoms with E-state index < -0.39 is 0 Å². The molecular weight excluding hydrogens is 246 g/mol. The highest BCUT2D eigenvalue weighted by Gasteiger charge is 2.22. The fraction of sp³-hybridized carbons (Fsp3) is 0.833. The number of nitrogens with one attached hydrogen (secondary N) is 1. The van der Waals surface area contributed by atoms with E-state index in [9.17, 15) is 0 Å². The molecule has 2 rings (SSSR count). The first-order valence-electron chi connectivity index (χ1n) is 6.68.